The van der Waals surface area contributed by atoms with E-state index in [1.165, 1.54) is 0 Å². The number of esters is 1. The van der Waals surface area contributed by atoms with Crippen LogP contribution in [0, 0.1) is 24.2 Å². The summed E-state index contributed by atoms with van der Waals surface area (Å²) >= 11 is 0. The van der Waals surface area contributed by atoms with E-state index in [9.17, 15) is 13.2 Å². The third-order valence-electron chi connectivity index (χ3n) is 4.93. The van der Waals surface area contributed by atoms with Crippen molar-refractivity contribution in [3.63, 3.8) is 0 Å². The van der Waals surface area contributed by atoms with E-state index in [1.54, 1.807) is 31.2 Å². The predicted octanol–water partition coefficient (Wildman–Crippen LogP) is 0.672. The molecular formula is C16H22N2O4S. The first-order valence-electron chi connectivity index (χ1n) is 7.84. The second-order valence-electron chi connectivity index (χ2n) is 6.34. The van der Waals surface area contributed by atoms with Crippen LogP contribution < -0.4 is 10.0 Å². The lowest BCUT2D eigenvalue weighted by molar-refractivity contribution is -0.146. The molecule has 0 bridgehead atoms. The minimum atomic E-state index is -3.57. The van der Waals surface area contributed by atoms with Crippen LogP contribution in [0.4, 0.5) is 0 Å². The van der Waals surface area contributed by atoms with Crippen LogP contribution in [0.3, 0.4) is 0 Å². The van der Waals surface area contributed by atoms with E-state index in [0.717, 1.165) is 12.1 Å². The molecule has 1 aromatic rings. The maximum atomic E-state index is 12.4. The fourth-order valence-corrected chi connectivity index (χ4v) is 4.68. The lowest BCUT2D eigenvalue weighted by Crippen LogP contribution is -2.36. The van der Waals surface area contributed by atoms with Gasteiger partial charge in [0.05, 0.1) is 17.4 Å². The molecule has 23 heavy (non-hydrogen) atoms. The Bertz CT molecular complexity index is 701. The van der Waals surface area contributed by atoms with Gasteiger partial charge in [-0.15, -0.1) is 0 Å². The molecule has 6 nitrogen and oxygen atoms in total. The topological polar surface area (TPSA) is 84.5 Å². The van der Waals surface area contributed by atoms with Crippen LogP contribution in [0.1, 0.15) is 12.5 Å². The molecule has 1 aliphatic heterocycles. The summed E-state index contributed by atoms with van der Waals surface area (Å²) < 4.78 is 32.6. The monoisotopic (exact) mass is 338 g/mol. The van der Waals surface area contributed by atoms with Crippen LogP contribution in [0.2, 0.25) is 0 Å². The molecule has 1 aromatic carbocycles. The lowest BCUT2D eigenvalue weighted by atomic mass is 10.0. The van der Waals surface area contributed by atoms with E-state index in [2.05, 4.69) is 10.0 Å². The molecule has 2 N–H and O–H groups in total. The zero-order valence-corrected chi connectivity index (χ0v) is 14.2. The number of carbonyl (C=O) groups excluding carboxylic acids is 1. The van der Waals surface area contributed by atoms with Gasteiger partial charge in [-0.05, 0) is 38.4 Å². The Hall–Kier alpha value is -1.44. The summed E-state index contributed by atoms with van der Waals surface area (Å²) in [5.74, 6) is -0.264. The molecule has 3 rings (SSSR count). The molecule has 1 aliphatic carbocycles. The van der Waals surface area contributed by atoms with Gasteiger partial charge < -0.3 is 10.1 Å². The molecule has 2 aliphatic rings. The summed E-state index contributed by atoms with van der Waals surface area (Å²) in [5.41, 5.74) is 0.663. The number of carbonyl (C=O) groups is 1. The number of sulfonamides is 1. The first-order valence-corrected chi connectivity index (χ1v) is 9.33. The van der Waals surface area contributed by atoms with Crippen LogP contribution in [0.25, 0.3) is 0 Å². The van der Waals surface area contributed by atoms with E-state index in [0.29, 0.717) is 13.2 Å². The van der Waals surface area contributed by atoms with Crippen LogP contribution in [-0.2, 0) is 19.6 Å². The fourth-order valence-electron chi connectivity index (χ4n) is 3.56. The molecule has 1 saturated carbocycles. The van der Waals surface area contributed by atoms with E-state index in [1.807, 2.05) is 6.92 Å². The maximum absolute atomic E-state index is 12.4. The molecule has 7 heteroatoms. The van der Waals surface area contributed by atoms with Crippen molar-refractivity contribution in [3.05, 3.63) is 29.8 Å². The van der Waals surface area contributed by atoms with Gasteiger partial charge in [0, 0.05) is 18.5 Å². The fraction of sp³-hybridized carbons (Fsp3) is 0.562. The average molecular weight is 338 g/mol. The van der Waals surface area contributed by atoms with Gasteiger partial charge in [0.2, 0.25) is 10.0 Å². The molecule has 0 spiro atoms. The van der Waals surface area contributed by atoms with Crippen molar-refractivity contribution < 1.29 is 17.9 Å². The Balaban J connectivity index is 1.70. The number of piperidine rings is 1. The zero-order chi connectivity index (χ0) is 16.7. The molecule has 3 unspecified atom stereocenters. The molecule has 0 amide bonds. The number of aryl methyl sites for hydroxylation is 1. The molecule has 0 radical (unpaired) electrons. The number of nitrogens with one attached hydrogen (secondary N) is 2. The van der Waals surface area contributed by atoms with Crippen LogP contribution in [-0.4, -0.2) is 40.6 Å². The van der Waals surface area contributed by atoms with E-state index < -0.39 is 10.0 Å². The van der Waals surface area contributed by atoms with Gasteiger partial charge in [-0.1, -0.05) is 17.7 Å². The van der Waals surface area contributed by atoms with E-state index in [4.69, 9.17) is 4.74 Å². The minimum Gasteiger partial charge on any atom is -0.466 e. The normalized spacial score (nSPS) is 29.1. The van der Waals surface area contributed by atoms with Gasteiger partial charge in [0.15, 0.2) is 0 Å². The molecule has 1 saturated heterocycles. The number of ether oxygens (including phenoxy) is 1. The quantitative estimate of drug-likeness (QED) is 0.745. The van der Waals surface area contributed by atoms with Crippen molar-refractivity contribution in [1.29, 1.82) is 0 Å². The Morgan fingerprint density at radius 3 is 2.74 bits per heavy atom. The highest BCUT2D eigenvalue weighted by Crippen LogP contribution is 2.61. The van der Waals surface area contributed by atoms with Crippen molar-refractivity contribution in [2.45, 2.75) is 18.7 Å². The van der Waals surface area contributed by atoms with Gasteiger partial charge >= 0.3 is 5.97 Å². The van der Waals surface area contributed by atoms with Crippen molar-refractivity contribution in [3.8, 4) is 0 Å². The number of hydrogen-bond acceptors (Lipinski definition) is 5. The molecular weight excluding hydrogens is 316 g/mol. The lowest BCUT2D eigenvalue weighted by Gasteiger charge is -2.16. The maximum Gasteiger partial charge on any atom is 0.309 e. The number of hydrogen-bond donors (Lipinski definition) is 2. The summed E-state index contributed by atoms with van der Waals surface area (Å²) in [7, 11) is -3.57. The predicted molar refractivity (Wildman–Crippen MR) is 85.3 cm³/mol. The van der Waals surface area contributed by atoms with Crippen molar-refractivity contribution in [2.75, 3.05) is 26.2 Å². The summed E-state index contributed by atoms with van der Waals surface area (Å²) in [5, 5.41) is 3.23. The smallest absolute Gasteiger partial charge is 0.309 e. The second-order valence-corrected chi connectivity index (χ2v) is 8.10. The third kappa shape index (κ3) is 2.88. The molecule has 0 aromatic heterocycles. The number of rotatable bonds is 6. The Kier molecular flexibility index (Phi) is 4.20. The largest absolute Gasteiger partial charge is 0.466 e. The highest BCUT2D eigenvalue weighted by atomic mass is 32.2. The summed E-state index contributed by atoms with van der Waals surface area (Å²) in [6.45, 7) is 5.66. The SMILES string of the molecule is CCOC(=O)C1C2CNCC21CNS(=O)(=O)c1ccc(C)cc1. The zero-order valence-electron chi connectivity index (χ0n) is 13.3. The van der Waals surface area contributed by atoms with Gasteiger partial charge in [-0.3, -0.25) is 4.79 Å². The Morgan fingerprint density at radius 2 is 2.09 bits per heavy atom. The van der Waals surface area contributed by atoms with Crippen LogP contribution >= 0.6 is 0 Å². The highest BCUT2D eigenvalue weighted by Gasteiger charge is 2.70. The standard InChI is InChI=1S/C16H22N2O4S/c1-3-22-15(19)14-13-8-17-9-16(13,14)10-18-23(20,21)12-6-4-11(2)5-7-12/h4-7,13-14,17-18H,3,8-10H2,1-2H3. The van der Waals surface area contributed by atoms with Gasteiger partial charge in [0.25, 0.3) is 0 Å². The van der Waals surface area contributed by atoms with E-state index in [-0.39, 0.29) is 34.7 Å². The summed E-state index contributed by atoms with van der Waals surface area (Å²) in [4.78, 5) is 12.3. The molecule has 3 atom stereocenters. The Morgan fingerprint density at radius 1 is 1.39 bits per heavy atom. The first-order chi connectivity index (χ1) is 10.9. The summed E-state index contributed by atoms with van der Waals surface area (Å²) in [6.07, 6.45) is 0. The minimum absolute atomic E-state index is 0.155. The summed E-state index contributed by atoms with van der Waals surface area (Å²) in [6, 6.07) is 6.72. The van der Waals surface area contributed by atoms with Gasteiger partial charge in [0.1, 0.15) is 0 Å². The molecule has 1 heterocycles. The average Bonchev–Trinajstić information content (AvgIpc) is 2.95. The second kappa shape index (κ2) is 5.89. The van der Waals surface area contributed by atoms with Crippen LogP contribution in [0.15, 0.2) is 29.2 Å². The Labute approximate surface area is 136 Å². The van der Waals surface area contributed by atoms with Gasteiger partial charge in [-0.2, -0.15) is 0 Å². The third-order valence-corrected chi connectivity index (χ3v) is 6.35. The van der Waals surface area contributed by atoms with Crippen molar-refractivity contribution in [1.82, 2.24) is 10.0 Å². The number of fused-ring (bicyclic) bond motifs is 1. The molecule has 126 valence electrons. The molecule has 2 fully saturated rings. The van der Waals surface area contributed by atoms with Gasteiger partial charge in [-0.25, -0.2) is 13.1 Å². The first kappa shape index (κ1) is 16.4. The van der Waals surface area contributed by atoms with E-state index >= 15 is 0 Å². The van der Waals surface area contributed by atoms with Crippen LogP contribution in [0.5, 0.6) is 0 Å². The highest BCUT2D eigenvalue weighted by molar-refractivity contribution is 7.89. The van der Waals surface area contributed by atoms with Crippen molar-refractivity contribution in [2.24, 2.45) is 17.3 Å². The van der Waals surface area contributed by atoms with Crippen molar-refractivity contribution >= 4 is 16.0 Å². The number of benzene rings is 1.